The summed E-state index contributed by atoms with van der Waals surface area (Å²) in [6, 6.07) is 11.3. The molecule has 11 heteroatoms. The number of methoxy groups -OCH3 is 3. The molecule has 0 saturated heterocycles. The summed E-state index contributed by atoms with van der Waals surface area (Å²) in [6.45, 7) is 1.98. The molecule has 3 aromatic heterocycles. The van der Waals surface area contributed by atoms with E-state index in [0.29, 0.717) is 52.6 Å². The fraction of sp³-hybridized carbons (Fsp3) is 0.250. The second-order valence-electron chi connectivity index (χ2n) is 8.60. The lowest BCUT2D eigenvalue weighted by molar-refractivity contribution is 0.395. The Balaban J connectivity index is 1.90. The Hall–Kier alpha value is -4.38. The van der Waals surface area contributed by atoms with Gasteiger partial charge in [-0.05, 0) is 48.7 Å². The van der Waals surface area contributed by atoms with Crippen LogP contribution < -0.4 is 19.8 Å². The van der Waals surface area contributed by atoms with Gasteiger partial charge in [0.05, 0.1) is 32.5 Å². The number of aromatic hydroxyl groups is 1. The van der Waals surface area contributed by atoms with Crippen molar-refractivity contribution in [3.05, 3.63) is 70.9 Å². The first-order valence-electron chi connectivity index (χ1n) is 12.2. The number of hydrogen-bond acceptors (Lipinski definition) is 9. The number of nitrogens with zero attached hydrogens (tertiary/aromatic N) is 2. The van der Waals surface area contributed by atoms with Gasteiger partial charge in [-0.1, -0.05) is 19.4 Å². The van der Waals surface area contributed by atoms with E-state index in [2.05, 4.69) is 15.0 Å². The summed E-state index contributed by atoms with van der Waals surface area (Å²) in [4.78, 5) is 23.3. The lowest BCUT2D eigenvalue weighted by atomic mass is 9.98. The first-order chi connectivity index (χ1) is 18.8. The molecule has 0 radical (unpaired) electrons. The van der Waals surface area contributed by atoms with Crippen LogP contribution in [0.1, 0.15) is 25.5 Å². The zero-order valence-electron chi connectivity index (χ0n) is 22.0. The van der Waals surface area contributed by atoms with Crippen LogP contribution in [0.2, 0.25) is 0 Å². The standard InChI is InChI=1S/C28H29N3O7S/c1-5-6-8-19-24(25-20(36-2)9-7-10-21(25)37-3)26(32)27(28(33)31-19)39(34,35)23-12-11-18(16-30-23)17-13-14-29-22(15-17)38-4/h7,9-16H,5-6,8H2,1-4H3,(H2,31,32,33). The Bertz CT molecular complexity index is 1630. The van der Waals surface area contributed by atoms with E-state index in [1.165, 1.54) is 33.6 Å². The number of rotatable bonds is 10. The van der Waals surface area contributed by atoms with Gasteiger partial charge in [0.15, 0.2) is 9.92 Å². The third-order valence-corrected chi connectivity index (χ3v) is 7.95. The Morgan fingerprint density at radius 1 is 0.923 bits per heavy atom. The maximum absolute atomic E-state index is 13.7. The van der Waals surface area contributed by atoms with Crippen molar-refractivity contribution < 1.29 is 27.7 Å². The molecule has 2 N–H and O–H groups in total. The minimum atomic E-state index is -4.54. The summed E-state index contributed by atoms with van der Waals surface area (Å²) in [5.74, 6) is 0.376. The highest BCUT2D eigenvalue weighted by atomic mass is 32.2. The molecule has 0 saturated carbocycles. The van der Waals surface area contributed by atoms with Gasteiger partial charge in [-0.3, -0.25) is 4.79 Å². The number of aryl methyl sites for hydroxylation is 1. The molecular weight excluding hydrogens is 522 g/mol. The third kappa shape index (κ3) is 5.30. The van der Waals surface area contributed by atoms with Crippen molar-refractivity contribution in [2.75, 3.05) is 21.3 Å². The Morgan fingerprint density at radius 3 is 2.23 bits per heavy atom. The molecule has 0 aliphatic carbocycles. The first-order valence-corrected chi connectivity index (χ1v) is 13.7. The molecular formula is C28H29N3O7S. The van der Waals surface area contributed by atoms with Crippen molar-refractivity contribution in [3.8, 4) is 45.4 Å². The summed E-state index contributed by atoms with van der Waals surface area (Å²) in [5, 5.41) is 11.1. The number of pyridine rings is 3. The summed E-state index contributed by atoms with van der Waals surface area (Å²) in [6.07, 6.45) is 4.81. The van der Waals surface area contributed by atoms with Crippen LogP contribution in [-0.4, -0.2) is 49.8 Å². The molecule has 0 spiro atoms. The van der Waals surface area contributed by atoms with Crippen LogP contribution in [0.3, 0.4) is 0 Å². The summed E-state index contributed by atoms with van der Waals surface area (Å²) < 4.78 is 43.6. The van der Waals surface area contributed by atoms with Crippen molar-refractivity contribution in [2.45, 2.75) is 36.1 Å². The number of nitrogens with one attached hydrogen (secondary N) is 1. The van der Waals surface area contributed by atoms with Crippen LogP contribution in [0, 0.1) is 0 Å². The highest BCUT2D eigenvalue weighted by molar-refractivity contribution is 7.91. The molecule has 0 fully saturated rings. The van der Waals surface area contributed by atoms with Crippen molar-refractivity contribution in [1.29, 1.82) is 0 Å². The molecule has 10 nitrogen and oxygen atoms in total. The lowest BCUT2D eigenvalue weighted by Crippen LogP contribution is -2.21. The smallest absolute Gasteiger partial charge is 0.271 e. The Morgan fingerprint density at radius 2 is 1.64 bits per heavy atom. The summed E-state index contributed by atoms with van der Waals surface area (Å²) in [7, 11) is -0.145. The van der Waals surface area contributed by atoms with Gasteiger partial charge in [0, 0.05) is 29.7 Å². The van der Waals surface area contributed by atoms with Gasteiger partial charge < -0.3 is 24.3 Å². The van der Waals surface area contributed by atoms with Crippen LogP contribution in [0.4, 0.5) is 0 Å². The second-order valence-corrected chi connectivity index (χ2v) is 10.4. The van der Waals surface area contributed by atoms with E-state index in [1.807, 2.05) is 6.92 Å². The van der Waals surface area contributed by atoms with E-state index in [9.17, 15) is 18.3 Å². The van der Waals surface area contributed by atoms with Crippen molar-refractivity contribution in [1.82, 2.24) is 15.0 Å². The van der Waals surface area contributed by atoms with Crippen molar-refractivity contribution in [3.63, 3.8) is 0 Å². The van der Waals surface area contributed by atoms with E-state index in [1.54, 1.807) is 42.6 Å². The molecule has 0 aliphatic heterocycles. The van der Waals surface area contributed by atoms with Crippen molar-refractivity contribution >= 4 is 9.84 Å². The first kappa shape index (κ1) is 27.6. The van der Waals surface area contributed by atoms with Crippen LogP contribution >= 0.6 is 0 Å². The fourth-order valence-electron chi connectivity index (χ4n) is 4.29. The lowest BCUT2D eigenvalue weighted by Gasteiger charge is -2.19. The Labute approximate surface area is 226 Å². The zero-order valence-corrected chi connectivity index (χ0v) is 22.8. The predicted octanol–water partition coefficient (Wildman–Crippen LogP) is 4.41. The van der Waals surface area contributed by atoms with Crippen molar-refractivity contribution in [2.24, 2.45) is 0 Å². The number of sulfone groups is 1. The molecule has 0 bridgehead atoms. The predicted molar refractivity (Wildman–Crippen MR) is 145 cm³/mol. The second kappa shape index (κ2) is 11.6. The van der Waals surface area contributed by atoms with E-state index in [4.69, 9.17) is 14.2 Å². The van der Waals surface area contributed by atoms with Crippen LogP contribution in [0.5, 0.6) is 23.1 Å². The van der Waals surface area contributed by atoms with E-state index in [0.717, 1.165) is 6.42 Å². The van der Waals surface area contributed by atoms with Gasteiger partial charge in [0.25, 0.3) is 5.56 Å². The number of hydrogen-bond donors (Lipinski definition) is 2. The van der Waals surface area contributed by atoms with Gasteiger partial charge in [-0.15, -0.1) is 0 Å². The van der Waals surface area contributed by atoms with Gasteiger partial charge in [-0.25, -0.2) is 18.4 Å². The number of H-pyrrole nitrogens is 1. The number of benzene rings is 1. The average molecular weight is 552 g/mol. The molecule has 3 heterocycles. The van der Waals surface area contributed by atoms with E-state index < -0.39 is 31.1 Å². The minimum Gasteiger partial charge on any atom is -0.506 e. The van der Waals surface area contributed by atoms with Gasteiger partial charge in [-0.2, -0.15) is 0 Å². The number of ether oxygens (including phenoxy) is 3. The van der Waals surface area contributed by atoms with E-state index >= 15 is 0 Å². The summed E-state index contributed by atoms with van der Waals surface area (Å²) >= 11 is 0. The maximum atomic E-state index is 13.7. The van der Waals surface area contributed by atoms with E-state index in [-0.39, 0.29) is 5.56 Å². The summed E-state index contributed by atoms with van der Waals surface area (Å²) in [5.41, 5.74) is 1.20. The number of aromatic nitrogens is 3. The Kier molecular flexibility index (Phi) is 8.20. The zero-order chi connectivity index (χ0) is 28.2. The molecule has 0 unspecified atom stereocenters. The SMILES string of the molecule is CCCCc1[nH]c(=O)c(S(=O)(=O)c2ccc(-c3ccnc(OC)c3)cn2)c(O)c1-c1c(OC)cccc1OC. The number of unbranched alkanes of at least 4 members (excludes halogenated alkanes) is 1. The molecule has 4 rings (SSSR count). The minimum absolute atomic E-state index is 0.122. The van der Waals surface area contributed by atoms with Crippen LogP contribution in [0.25, 0.3) is 22.3 Å². The fourth-order valence-corrected chi connectivity index (χ4v) is 5.59. The quantitative estimate of drug-likeness (QED) is 0.293. The highest BCUT2D eigenvalue weighted by Crippen LogP contribution is 2.46. The topological polar surface area (TPSA) is 141 Å². The molecule has 0 amide bonds. The molecule has 0 atom stereocenters. The highest BCUT2D eigenvalue weighted by Gasteiger charge is 2.32. The van der Waals surface area contributed by atoms with Crippen LogP contribution in [-0.2, 0) is 16.3 Å². The molecule has 4 aromatic rings. The van der Waals surface area contributed by atoms with Gasteiger partial charge in [0.2, 0.25) is 15.7 Å². The number of aromatic amines is 1. The average Bonchev–Trinajstić information content (AvgIpc) is 2.95. The third-order valence-electron chi connectivity index (χ3n) is 6.24. The van der Waals surface area contributed by atoms with Crippen LogP contribution in [0.15, 0.2) is 69.6 Å². The molecule has 0 aliphatic rings. The largest absolute Gasteiger partial charge is 0.506 e. The van der Waals surface area contributed by atoms with Gasteiger partial charge in [0.1, 0.15) is 17.2 Å². The normalized spacial score (nSPS) is 11.3. The van der Waals surface area contributed by atoms with Gasteiger partial charge >= 0.3 is 0 Å². The maximum Gasteiger partial charge on any atom is 0.271 e. The molecule has 39 heavy (non-hydrogen) atoms. The molecule has 204 valence electrons. The monoisotopic (exact) mass is 551 g/mol. The molecule has 1 aromatic carbocycles.